The number of ether oxygens (including phenoxy) is 3. The second-order valence-corrected chi connectivity index (χ2v) is 16.5. The average Bonchev–Trinajstić information content (AvgIpc) is 3.25. The van der Waals surface area contributed by atoms with Gasteiger partial charge in [-0.25, -0.2) is 14.5 Å². The molecule has 1 aliphatic rings. The average molecular weight is 834 g/mol. The predicted molar refractivity (Wildman–Crippen MR) is 234 cm³/mol. The number of nitrogens with zero attached hydrogens (tertiary/aromatic N) is 2. The van der Waals surface area contributed by atoms with Crippen molar-refractivity contribution in [1.29, 1.82) is 0 Å². The van der Waals surface area contributed by atoms with E-state index in [2.05, 4.69) is 13.8 Å². The standard InChI is InChI=1S/C47H83N3O9/c1-3-5-7-9-11-13-15-16-17-18-19-20-22-24-26-31-35-57-46(55)49(34-30-25-23-21-14-12-10-8-6-4-2)45-42(44(54)43(53)40(37-51)59-45)50(41(52)36-48)47(56)58-38-39-32-28-27-29-33-39/h27-29,32-33,40,42-45,51,53-54H,3-26,30-31,34-38,48H2,1-2H3/t40-,42-,43-,44-,45-/m1/s1. The van der Waals surface area contributed by atoms with E-state index < -0.39 is 61.8 Å². The van der Waals surface area contributed by atoms with Crippen LogP contribution in [0.4, 0.5) is 9.59 Å². The van der Waals surface area contributed by atoms with Crippen LogP contribution in [0.2, 0.25) is 0 Å². The normalized spacial score (nSPS) is 19.1. The summed E-state index contributed by atoms with van der Waals surface area (Å²) < 4.78 is 17.4. The lowest BCUT2D eigenvalue weighted by molar-refractivity contribution is -0.240. The summed E-state index contributed by atoms with van der Waals surface area (Å²) in [7, 11) is 0. The van der Waals surface area contributed by atoms with E-state index in [-0.39, 0.29) is 19.8 Å². The number of aliphatic hydroxyl groups excluding tert-OH is 3. The number of imide groups is 1. The number of aliphatic hydroxyl groups is 3. The van der Waals surface area contributed by atoms with E-state index in [4.69, 9.17) is 19.9 Å². The van der Waals surface area contributed by atoms with Gasteiger partial charge >= 0.3 is 12.2 Å². The number of carbonyl (C=O) groups excluding carboxylic acids is 3. The Bertz CT molecular complexity index is 1210. The molecule has 0 spiro atoms. The minimum Gasteiger partial charge on any atom is -0.449 e. The zero-order valence-electron chi connectivity index (χ0n) is 37.0. The second-order valence-electron chi connectivity index (χ2n) is 16.5. The lowest BCUT2D eigenvalue weighted by Gasteiger charge is -2.48. The molecule has 340 valence electrons. The summed E-state index contributed by atoms with van der Waals surface area (Å²) in [5.41, 5.74) is 6.43. The highest BCUT2D eigenvalue weighted by molar-refractivity contribution is 5.93. The number of hydrogen-bond donors (Lipinski definition) is 4. The fourth-order valence-electron chi connectivity index (χ4n) is 7.88. The van der Waals surface area contributed by atoms with Gasteiger partial charge in [0.25, 0.3) is 0 Å². The Morgan fingerprint density at radius 3 is 1.54 bits per heavy atom. The van der Waals surface area contributed by atoms with Gasteiger partial charge in [0, 0.05) is 6.54 Å². The van der Waals surface area contributed by atoms with Gasteiger partial charge in [-0.05, 0) is 18.4 Å². The molecule has 0 bridgehead atoms. The zero-order chi connectivity index (χ0) is 42.9. The fraction of sp³-hybridized carbons (Fsp3) is 0.809. The molecule has 1 aromatic carbocycles. The van der Waals surface area contributed by atoms with Gasteiger partial charge in [0.2, 0.25) is 5.91 Å². The van der Waals surface area contributed by atoms with E-state index in [0.29, 0.717) is 23.3 Å². The highest BCUT2D eigenvalue weighted by atomic mass is 16.6. The molecule has 0 unspecified atom stereocenters. The maximum absolute atomic E-state index is 13.9. The summed E-state index contributed by atoms with van der Waals surface area (Å²) in [5.74, 6) is -0.893. The smallest absolute Gasteiger partial charge is 0.417 e. The highest BCUT2D eigenvalue weighted by Gasteiger charge is 2.53. The molecule has 1 aromatic rings. The Hall–Kier alpha value is -2.77. The molecular formula is C47H83N3O9. The summed E-state index contributed by atoms with van der Waals surface area (Å²) in [6.45, 7) is 3.31. The quantitative estimate of drug-likeness (QED) is 0.0490. The molecule has 5 atom stereocenters. The van der Waals surface area contributed by atoms with Crippen LogP contribution in [0, 0.1) is 0 Å². The third-order valence-electron chi connectivity index (χ3n) is 11.5. The molecule has 12 heteroatoms. The molecular weight excluding hydrogens is 751 g/mol. The number of carbonyl (C=O) groups is 3. The third kappa shape index (κ3) is 21.5. The third-order valence-corrected chi connectivity index (χ3v) is 11.5. The van der Waals surface area contributed by atoms with Crippen molar-refractivity contribution in [3.8, 4) is 0 Å². The molecule has 0 radical (unpaired) electrons. The molecule has 1 saturated heterocycles. The Balaban J connectivity index is 2.03. The zero-order valence-corrected chi connectivity index (χ0v) is 37.0. The van der Waals surface area contributed by atoms with Crippen LogP contribution in [0.15, 0.2) is 30.3 Å². The molecule has 0 saturated carbocycles. The minimum atomic E-state index is -1.80. The summed E-state index contributed by atoms with van der Waals surface area (Å²) >= 11 is 0. The van der Waals surface area contributed by atoms with E-state index in [1.807, 2.05) is 6.07 Å². The van der Waals surface area contributed by atoms with Crippen LogP contribution in [0.3, 0.4) is 0 Å². The van der Waals surface area contributed by atoms with Crippen molar-refractivity contribution in [1.82, 2.24) is 9.80 Å². The van der Waals surface area contributed by atoms with Gasteiger partial charge in [-0.15, -0.1) is 0 Å². The maximum Gasteiger partial charge on any atom is 0.417 e. The molecule has 1 heterocycles. The Morgan fingerprint density at radius 1 is 0.627 bits per heavy atom. The number of rotatable bonds is 34. The van der Waals surface area contributed by atoms with Gasteiger partial charge < -0.3 is 35.3 Å². The van der Waals surface area contributed by atoms with Crippen molar-refractivity contribution in [3.05, 3.63) is 35.9 Å². The van der Waals surface area contributed by atoms with Crippen molar-refractivity contribution in [3.63, 3.8) is 0 Å². The SMILES string of the molecule is CCCCCCCCCCCCCCCCCCOC(=O)N(CCCCCCCCCCCC)[C@@H]1O[C@H](CO)[C@@H](O)[C@H](O)[C@H]1N(C(=O)CN)C(=O)OCc1ccccc1. The van der Waals surface area contributed by atoms with Crippen molar-refractivity contribution in [2.24, 2.45) is 5.73 Å². The Labute approximate surface area is 356 Å². The molecule has 1 aliphatic heterocycles. The molecule has 3 amide bonds. The summed E-state index contributed by atoms with van der Waals surface area (Å²) in [4.78, 5) is 42.9. The van der Waals surface area contributed by atoms with Crippen molar-refractivity contribution in [2.75, 3.05) is 26.3 Å². The minimum absolute atomic E-state index is 0.139. The van der Waals surface area contributed by atoms with Gasteiger partial charge in [0.1, 0.15) is 31.0 Å². The number of unbranched alkanes of at least 4 members (excludes halogenated alkanes) is 24. The van der Waals surface area contributed by atoms with Crippen LogP contribution in [0.25, 0.3) is 0 Å². The Kier molecular flexibility index (Phi) is 30.1. The van der Waals surface area contributed by atoms with Gasteiger partial charge in [0.15, 0.2) is 6.23 Å². The number of benzene rings is 1. The summed E-state index contributed by atoms with van der Waals surface area (Å²) in [6, 6.07) is 7.29. The van der Waals surface area contributed by atoms with E-state index >= 15 is 0 Å². The van der Waals surface area contributed by atoms with Crippen molar-refractivity contribution < 1.29 is 43.9 Å². The van der Waals surface area contributed by atoms with Gasteiger partial charge in [0.05, 0.1) is 19.8 Å². The van der Waals surface area contributed by atoms with Crippen LogP contribution in [-0.4, -0.2) is 100 Å². The first-order chi connectivity index (χ1) is 28.8. The molecule has 12 nitrogen and oxygen atoms in total. The first kappa shape index (κ1) is 52.4. The van der Waals surface area contributed by atoms with E-state index in [1.165, 1.54) is 114 Å². The predicted octanol–water partition coefficient (Wildman–Crippen LogP) is 9.54. The van der Waals surface area contributed by atoms with Gasteiger partial charge in [-0.2, -0.15) is 0 Å². The summed E-state index contributed by atoms with van der Waals surface area (Å²) in [6.07, 6.45) is 22.3. The number of nitrogens with two attached hydrogens (primary N) is 1. The fourth-order valence-corrected chi connectivity index (χ4v) is 7.88. The number of amides is 3. The van der Waals surface area contributed by atoms with Crippen LogP contribution < -0.4 is 5.73 Å². The first-order valence-electron chi connectivity index (χ1n) is 23.6. The lowest BCUT2D eigenvalue weighted by Crippen LogP contribution is -2.70. The van der Waals surface area contributed by atoms with Crippen molar-refractivity contribution >= 4 is 18.1 Å². The molecule has 2 rings (SSSR count). The van der Waals surface area contributed by atoms with Crippen LogP contribution in [-0.2, 0) is 25.6 Å². The number of hydrogen-bond acceptors (Lipinski definition) is 10. The summed E-state index contributed by atoms with van der Waals surface area (Å²) in [5, 5.41) is 32.6. The maximum atomic E-state index is 13.9. The van der Waals surface area contributed by atoms with E-state index in [0.717, 1.165) is 44.9 Å². The van der Waals surface area contributed by atoms with E-state index in [9.17, 15) is 29.7 Å². The largest absolute Gasteiger partial charge is 0.449 e. The van der Waals surface area contributed by atoms with Gasteiger partial charge in [-0.3, -0.25) is 9.69 Å². The molecule has 1 fully saturated rings. The van der Waals surface area contributed by atoms with Gasteiger partial charge in [-0.1, -0.05) is 198 Å². The monoisotopic (exact) mass is 834 g/mol. The van der Waals surface area contributed by atoms with Crippen LogP contribution in [0.1, 0.15) is 186 Å². The van der Waals surface area contributed by atoms with Crippen LogP contribution >= 0.6 is 0 Å². The Morgan fingerprint density at radius 2 is 1.08 bits per heavy atom. The van der Waals surface area contributed by atoms with Crippen molar-refractivity contribution in [2.45, 2.75) is 218 Å². The first-order valence-corrected chi connectivity index (χ1v) is 23.6. The second kappa shape index (κ2) is 33.9. The van der Waals surface area contributed by atoms with Crippen LogP contribution in [0.5, 0.6) is 0 Å². The highest BCUT2D eigenvalue weighted by Crippen LogP contribution is 2.30. The van der Waals surface area contributed by atoms with E-state index in [1.54, 1.807) is 24.3 Å². The molecule has 0 aromatic heterocycles. The topological polar surface area (TPSA) is 172 Å². The molecule has 0 aliphatic carbocycles. The molecule has 5 N–H and O–H groups in total. The molecule has 59 heavy (non-hydrogen) atoms. The lowest BCUT2D eigenvalue weighted by atomic mass is 9.94.